The van der Waals surface area contributed by atoms with Gasteiger partial charge in [-0.3, -0.25) is 9.78 Å². The summed E-state index contributed by atoms with van der Waals surface area (Å²) in [5, 5.41) is 0. The number of aromatic nitrogens is 1. The first kappa shape index (κ1) is 15.0. The monoisotopic (exact) mass is 311 g/mol. The molecule has 4 nitrogen and oxygen atoms in total. The van der Waals surface area contributed by atoms with Gasteiger partial charge in [0.15, 0.2) is 6.10 Å². The van der Waals surface area contributed by atoms with Crippen LogP contribution in [0.25, 0.3) is 0 Å². The Balaban J connectivity index is 1.85. The van der Waals surface area contributed by atoms with Gasteiger partial charge in [-0.1, -0.05) is 18.2 Å². The van der Waals surface area contributed by atoms with Crippen LogP contribution in [-0.2, 0) is 16.0 Å². The van der Waals surface area contributed by atoms with Gasteiger partial charge < -0.3 is 9.15 Å². The van der Waals surface area contributed by atoms with Crippen LogP contribution in [0.2, 0.25) is 0 Å². The van der Waals surface area contributed by atoms with Gasteiger partial charge in [0.1, 0.15) is 18.0 Å². The molecule has 0 fully saturated rings. The molecule has 0 bridgehead atoms. The Bertz CT molecular complexity index is 772. The van der Waals surface area contributed by atoms with Crippen LogP contribution < -0.4 is 0 Å². The molecule has 0 radical (unpaired) electrons. The smallest absolute Gasteiger partial charge is 0.314 e. The zero-order chi connectivity index (χ0) is 16.1. The maximum absolute atomic E-state index is 13.5. The summed E-state index contributed by atoms with van der Waals surface area (Å²) in [6.07, 6.45) is 2.33. The number of carbonyl (C=O) groups excluding carboxylic acids is 1. The molecule has 0 saturated carbocycles. The summed E-state index contributed by atoms with van der Waals surface area (Å²) in [6, 6.07) is 14.6. The number of ether oxygens (including phenoxy) is 1. The minimum atomic E-state index is -0.769. The number of hydrogen-bond acceptors (Lipinski definition) is 4. The van der Waals surface area contributed by atoms with Crippen molar-refractivity contribution in [3.8, 4) is 0 Å². The first-order valence-corrected chi connectivity index (χ1v) is 7.10. The van der Waals surface area contributed by atoms with Gasteiger partial charge in [0, 0.05) is 11.8 Å². The number of esters is 1. The van der Waals surface area contributed by atoms with E-state index in [9.17, 15) is 9.18 Å². The Morgan fingerprint density at radius 3 is 2.78 bits per heavy atom. The largest absolute Gasteiger partial charge is 0.469 e. The Labute approximate surface area is 132 Å². The van der Waals surface area contributed by atoms with E-state index in [1.54, 1.807) is 48.7 Å². The molecule has 5 heteroatoms. The van der Waals surface area contributed by atoms with Crippen molar-refractivity contribution in [1.82, 2.24) is 4.98 Å². The van der Waals surface area contributed by atoms with Crippen LogP contribution in [0.3, 0.4) is 0 Å². The first-order chi connectivity index (χ1) is 11.2. The standard InChI is InChI=1S/C18H14FNO3/c19-14-6-3-5-13(11-14)18(16-8-1-2-9-20-16)23-17(21)12-15-7-4-10-22-15/h1-11,18H,12H2/t18-/m1/s1. The molecular weight excluding hydrogens is 297 g/mol. The number of halogens is 1. The molecule has 1 aromatic carbocycles. The second-order valence-corrected chi connectivity index (χ2v) is 4.94. The summed E-state index contributed by atoms with van der Waals surface area (Å²) in [4.78, 5) is 16.4. The molecule has 3 aromatic rings. The molecule has 2 heterocycles. The summed E-state index contributed by atoms with van der Waals surface area (Å²) < 4.78 is 24.2. The van der Waals surface area contributed by atoms with Crippen molar-refractivity contribution in [2.45, 2.75) is 12.5 Å². The molecule has 116 valence electrons. The lowest BCUT2D eigenvalue weighted by Gasteiger charge is -2.17. The molecule has 0 aliphatic heterocycles. The van der Waals surface area contributed by atoms with Crippen LogP contribution >= 0.6 is 0 Å². The normalized spacial score (nSPS) is 11.9. The summed E-state index contributed by atoms with van der Waals surface area (Å²) in [7, 11) is 0. The second kappa shape index (κ2) is 6.87. The van der Waals surface area contributed by atoms with Crippen molar-refractivity contribution in [3.05, 3.63) is 89.9 Å². The van der Waals surface area contributed by atoms with Gasteiger partial charge in [0.05, 0.1) is 12.0 Å². The van der Waals surface area contributed by atoms with E-state index < -0.39 is 17.9 Å². The minimum absolute atomic E-state index is 0.00560. The predicted octanol–water partition coefficient (Wildman–Crippen LogP) is 3.69. The van der Waals surface area contributed by atoms with E-state index in [0.29, 0.717) is 17.0 Å². The average molecular weight is 311 g/mol. The number of nitrogens with zero attached hydrogens (tertiary/aromatic N) is 1. The topological polar surface area (TPSA) is 52.3 Å². The third kappa shape index (κ3) is 3.83. The van der Waals surface area contributed by atoms with Crippen molar-refractivity contribution in [2.24, 2.45) is 0 Å². The SMILES string of the molecule is O=C(Cc1ccco1)O[C@H](c1cccc(F)c1)c1ccccn1. The van der Waals surface area contributed by atoms with Crippen LogP contribution in [-0.4, -0.2) is 11.0 Å². The highest BCUT2D eigenvalue weighted by Gasteiger charge is 2.21. The van der Waals surface area contributed by atoms with Gasteiger partial charge >= 0.3 is 5.97 Å². The molecule has 0 saturated heterocycles. The fraction of sp³-hybridized carbons (Fsp3) is 0.111. The van der Waals surface area contributed by atoms with E-state index in [-0.39, 0.29) is 6.42 Å². The predicted molar refractivity (Wildman–Crippen MR) is 81.0 cm³/mol. The van der Waals surface area contributed by atoms with E-state index in [1.807, 2.05) is 0 Å². The molecule has 23 heavy (non-hydrogen) atoms. The van der Waals surface area contributed by atoms with E-state index in [4.69, 9.17) is 9.15 Å². The van der Waals surface area contributed by atoms with Crippen molar-refractivity contribution in [2.75, 3.05) is 0 Å². The van der Waals surface area contributed by atoms with E-state index >= 15 is 0 Å². The fourth-order valence-corrected chi connectivity index (χ4v) is 2.23. The maximum Gasteiger partial charge on any atom is 0.314 e. The van der Waals surface area contributed by atoms with Gasteiger partial charge in [0.25, 0.3) is 0 Å². The third-order valence-electron chi connectivity index (χ3n) is 3.26. The van der Waals surface area contributed by atoms with E-state index in [1.165, 1.54) is 18.4 Å². The summed E-state index contributed by atoms with van der Waals surface area (Å²) >= 11 is 0. The number of hydrogen-bond donors (Lipinski definition) is 0. The second-order valence-electron chi connectivity index (χ2n) is 4.94. The molecular formula is C18H14FNO3. The molecule has 1 atom stereocenters. The van der Waals surface area contributed by atoms with Crippen LogP contribution in [0, 0.1) is 5.82 Å². The van der Waals surface area contributed by atoms with Crippen molar-refractivity contribution in [1.29, 1.82) is 0 Å². The maximum atomic E-state index is 13.5. The van der Waals surface area contributed by atoms with Crippen LogP contribution in [0.1, 0.15) is 23.1 Å². The summed E-state index contributed by atoms with van der Waals surface area (Å²) in [5.74, 6) is -0.362. The first-order valence-electron chi connectivity index (χ1n) is 7.10. The number of benzene rings is 1. The van der Waals surface area contributed by atoms with Gasteiger partial charge in [-0.15, -0.1) is 0 Å². The fourth-order valence-electron chi connectivity index (χ4n) is 2.23. The highest BCUT2D eigenvalue weighted by atomic mass is 19.1. The highest BCUT2D eigenvalue weighted by Crippen LogP contribution is 2.25. The quantitative estimate of drug-likeness (QED) is 0.674. The molecule has 0 spiro atoms. The molecule has 0 amide bonds. The average Bonchev–Trinajstić information content (AvgIpc) is 3.06. The molecule has 0 aliphatic rings. The number of pyridine rings is 1. The lowest BCUT2D eigenvalue weighted by Crippen LogP contribution is -2.15. The summed E-state index contributed by atoms with van der Waals surface area (Å²) in [6.45, 7) is 0. The third-order valence-corrected chi connectivity index (χ3v) is 3.26. The Morgan fingerprint density at radius 1 is 1.17 bits per heavy atom. The molecule has 3 rings (SSSR count). The lowest BCUT2D eigenvalue weighted by molar-refractivity contribution is -0.147. The van der Waals surface area contributed by atoms with Gasteiger partial charge in [0.2, 0.25) is 0 Å². The van der Waals surface area contributed by atoms with Gasteiger partial charge in [-0.05, 0) is 36.4 Å². The van der Waals surface area contributed by atoms with Crippen LogP contribution in [0.4, 0.5) is 4.39 Å². The Kier molecular flexibility index (Phi) is 4.47. The van der Waals surface area contributed by atoms with Gasteiger partial charge in [-0.25, -0.2) is 4.39 Å². The van der Waals surface area contributed by atoms with Crippen molar-refractivity contribution < 1.29 is 18.3 Å². The lowest BCUT2D eigenvalue weighted by atomic mass is 10.1. The Hall–Kier alpha value is -2.95. The van der Waals surface area contributed by atoms with Crippen molar-refractivity contribution >= 4 is 5.97 Å². The molecule has 0 aliphatic carbocycles. The number of rotatable bonds is 5. The summed E-state index contributed by atoms with van der Waals surface area (Å²) in [5.41, 5.74) is 1.06. The van der Waals surface area contributed by atoms with E-state index in [0.717, 1.165) is 0 Å². The van der Waals surface area contributed by atoms with Gasteiger partial charge in [-0.2, -0.15) is 0 Å². The van der Waals surface area contributed by atoms with Crippen LogP contribution in [0.5, 0.6) is 0 Å². The van der Waals surface area contributed by atoms with E-state index in [2.05, 4.69) is 4.98 Å². The minimum Gasteiger partial charge on any atom is -0.469 e. The highest BCUT2D eigenvalue weighted by molar-refractivity contribution is 5.72. The van der Waals surface area contributed by atoms with Crippen LogP contribution in [0.15, 0.2) is 71.5 Å². The molecule has 0 N–H and O–H groups in total. The number of furan rings is 1. The zero-order valence-electron chi connectivity index (χ0n) is 12.2. The molecule has 0 unspecified atom stereocenters. The number of carbonyl (C=O) groups is 1. The van der Waals surface area contributed by atoms with Crippen molar-refractivity contribution in [3.63, 3.8) is 0 Å². The molecule has 2 aromatic heterocycles. The zero-order valence-corrected chi connectivity index (χ0v) is 12.2. The Morgan fingerprint density at radius 2 is 2.09 bits per heavy atom.